The standard InChI is InChI=1S/C11H15ClN2O2/c1-7(5-6-15)14-11(16)8-3-2-4-9(12)10(8)13/h2-4,7,15H,5-6,13H2,1H3,(H,14,16). The van der Waals surface area contributed by atoms with E-state index in [2.05, 4.69) is 5.32 Å². The third-order valence-corrected chi connectivity index (χ3v) is 2.57. The maximum Gasteiger partial charge on any atom is 0.253 e. The molecule has 1 aromatic rings. The van der Waals surface area contributed by atoms with Crippen LogP contribution in [0.2, 0.25) is 5.02 Å². The fourth-order valence-electron chi connectivity index (χ4n) is 1.30. The van der Waals surface area contributed by atoms with Crippen LogP contribution >= 0.6 is 11.6 Å². The molecule has 1 unspecified atom stereocenters. The van der Waals surface area contributed by atoms with Crippen LogP contribution in [0, 0.1) is 0 Å². The molecule has 0 aliphatic carbocycles. The summed E-state index contributed by atoms with van der Waals surface area (Å²) in [5.74, 6) is -0.277. The summed E-state index contributed by atoms with van der Waals surface area (Å²) >= 11 is 5.81. The number of halogens is 1. The van der Waals surface area contributed by atoms with Crippen LogP contribution in [0.4, 0.5) is 5.69 Å². The van der Waals surface area contributed by atoms with E-state index >= 15 is 0 Å². The molecule has 1 rings (SSSR count). The van der Waals surface area contributed by atoms with E-state index in [9.17, 15) is 4.79 Å². The van der Waals surface area contributed by atoms with Crippen LogP contribution in [-0.4, -0.2) is 23.7 Å². The number of carbonyl (C=O) groups excluding carboxylic acids is 1. The van der Waals surface area contributed by atoms with Crippen LogP contribution in [-0.2, 0) is 0 Å². The average molecular weight is 243 g/mol. The Labute approximate surface area is 99.4 Å². The molecule has 16 heavy (non-hydrogen) atoms. The zero-order chi connectivity index (χ0) is 12.1. The lowest BCUT2D eigenvalue weighted by atomic mass is 10.1. The van der Waals surface area contributed by atoms with Crippen molar-refractivity contribution in [2.24, 2.45) is 0 Å². The third-order valence-electron chi connectivity index (χ3n) is 2.24. The minimum absolute atomic E-state index is 0.0342. The van der Waals surface area contributed by atoms with Crippen molar-refractivity contribution in [3.8, 4) is 0 Å². The molecule has 0 aliphatic heterocycles. The smallest absolute Gasteiger partial charge is 0.253 e. The molecule has 0 heterocycles. The Kier molecular flexibility index (Phi) is 4.58. The van der Waals surface area contributed by atoms with E-state index in [0.29, 0.717) is 17.0 Å². The van der Waals surface area contributed by atoms with Crippen LogP contribution in [0.3, 0.4) is 0 Å². The van der Waals surface area contributed by atoms with Crippen molar-refractivity contribution in [2.45, 2.75) is 19.4 Å². The summed E-state index contributed by atoms with van der Waals surface area (Å²) < 4.78 is 0. The predicted molar refractivity (Wildman–Crippen MR) is 64.5 cm³/mol. The van der Waals surface area contributed by atoms with Gasteiger partial charge in [0.25, 0.3) is 5.91 Å². The molecule has 0 spiro atoms. The summed E-state index contributed by atoms with van der Waals surface area (Å²) in [4.78, 5) is 11.8. The minimum Gasteiger partial charge on any atom is -0.397 e. The lowest BCUT2D eigenvalue weighted by Crippen LogP contribution is -2.33. The Bertz CT molecular complexity index is 382. The van der Waals surface area contributed by atoms with Gasteiger partial charge in [0.15, 0.2) is 0 Å². The Morgan fingerprint density at radius 2 is 2.31 bits per heavy atom. The Balaban J connectivity index is 2.77. The summed E-state index contributed by atoms with van der Waals surface area (Å²) in [5, 5.41) is 11.8. The van der Waals surface area contributed by atoms with Gasteiger partial charge in [-0.05, 0) is 25.5 Å². The lowest BCUT2D eigenvalue weighted by Gasteiger charge is -2.13. The van der Waals surface area contributed by atoms with Crippen LogP contribution in [0.5, 0.6) is 0 Å². The van der Waals surface area contributed by atoms with E-state index in [1.807, 2.05) is 6.92 Å². The maximum absolute atomic E-state index is 11.8. The van der Waals surface area contributed by atoms with E-state index in [0.717, 1.165) is 0 Å². The highest BCUT2D eigenvalue weighted by atomic mass is 35.5. The lowest BCUT2D eigenvalue weighted by molar-refractivity contribution is 0.0935. The van der Waals surface area contributed by atoms with Gasteiger partial charge < -0.3 is 16.2 Å². The van der Waals surface area contributed by atoms with Gasteiger partial charge in [0.1, 0.15) is 0 Å². The number of benzene rings is 1. The third kappa shape index (κ3) is 3.12. The first kappa shape index (κ1) is 12.8. The number of anilines is 1. The molecule has 0 aromatic heterocycles. The quantitative estimate of drug-likeness (QED) is 0.699. The predicted octanol–water partition coefficient (Wildman–Crippen LogP) is 1.42. The molecule has 4 nitrogen and oxygen atoms in total. The number of amides is 1. The molecule has 0 bridgehead atoms. The van der Waals surface area contributed by atoms with Crippen molar-refractivity contribution < 1.29 is 9.90 Å². The fraction of sp³-hybridized carbons (Fsp3) is 0.364. The SMILES string of the molecule is CC(CCO)NC(=O)c1cccc(Cl)c1N. The molecule has 0 radical (unpaired) electrons. The second kappa shape index (κ2) is 5.72. The van der Waals surface area contributed by atoms with E-state index in [4.69, 9.17) is 22.4 Å². The molecule has 1 atom stereocenters. The summed E-state index contributed by atoms with van der Waals surface area (Å²) in [6, 6.07) is 4.81. The first-order valence-corrected chi connectivity index (χ1v) is 5.39. The second-order valence-electron chi connectivity index (χ2n) is 3.59. The summed E-state index contributed by atoms with van der Waals surface area (Å²) in [7, 11) is 0. The number of hydrogen-bond donors (Lipinski definition) is 3. The van der Waals surface area contributed by atoms with E-state index < -0.39 is 0 Å². The zero-order valence-corrected chi connectivity index (χ0v) is 9.79. The van der Waals surface area contributed by atoms with Crippen LogP contribution in [0.25, 0.3) is 0 Å². The maximum atomic E-state index is 11.8. The summed E-state index contributed by atoms with van der Waals surface area (Å²) in [6.07, 6.45) is 0.506. The van der Waals surface area contributed by atoms with Gasteiger partial charge in [-0.15, -0.1) is 0 Å². The van der Waals surface area contributed by atoms with Crippen LogP contribution < -0.4 is 11.1 Å². The molecule has 0 saturated heterocycles. The number of nitrogen functional groups attached to an aromatic ring is 1. The molecular weight excluding hydrogens is 228 g/mol. The molecule has 1 aromatic carbocycles. The highest BCUT2D eigenvalue weighted by molar-refractivity contribution is 6.33. The average Bonchev–Trinajstić information content (AvgIpc) is 2.22. The normalized spacial score (nSPS) is 12.2. The number of aliphatic hydroxyl groups is 1. The van der Waals surface area contributed by atoms with Crippen molar-refractivity contribution in [3.63, 3.8) is 0 Å². The highest BCUT2D eigenvalue weighted by Crippen LogP contribution is 2.22. The van der Waals surface area contributed by atoms with Crippen molar-refractivity contribution in [3.05, 3.63) is 28.8 Å². The van der Waals surface area contributed by atoms with E-state index in [-0.39, 0.29) is 24.2 Å². The van der Waals surface area contributed by atoms with Crippen LogP contribution in [0.1, 0.15) is 23.7 Å². The van der Waals surface area contributed by atoms with Crippen molar-refractivity contribution in [1.82, 2.24) is 5.32 Å². The van der Waals surface area contributed by atoms with Gasteiger partial charge in [0.2, 0.25) is 0 Å². The number of rotatable bonds is 4. The monoisotopic (exact) mass is 242 g/mol. The van der Waals surface area contributed by atoms with Crippen LogP contribution in [0.15, 0.2) is 18.2 Å². The highest BCUT2D eigenvalue weighted by Gasteiger charge is 2.13. The minimum atomic E-state index is -0.277. The molecule has 0 saturated carbocycles. The summed E-state index contributed by atoms with van der Waals surface area (Å²) in [6.45, 7) is 1.85. The van der Waals surface area contributed by atoms with Gasteiger partial charge >= 0.3 is 0 Å². The Morgan fingerprint density at radius 3 is 2.94 bits per heavy atom. The molecular formula is C11H15ClN2O2. The second-order valence-corrected chi connectivity index (χ2v) is 4.00. The molecule has 88 valence electrons. The fourth-order valence-corrected chi connectivity index (χ4v) is 1.48. The Morgan fingerprint density at radius 1 is 1.62 bits per heavy atom. The Hall–Kier alpha value is -1.26. The van der Waals surface area contributed by atoms with E-state index in [1.54, 1.807) is 18.2 Å². The topological polar surface area (TPSA) is 75.3 Å². The van der Waals surface area contributed by atoms with E-state index in [1.165, 1.54) is 0 Å². The number of nitrogens with two attached hydrogens (primary N) is 1. The van der Waals surface area contributed by atoms with Gasteiger partial charge in [-0.1, -0.05) is 17.7 Å². The first-order chi connectivity index (χ1) is 7.56. The number of para-hydroxylation sites is 1. The molecule has 1 amide bonds. The number of aliphatic hydroxyl groups excluding tert-OH is 1. The van der Waals surface area contributed by atoms with Gasteiger partial charge in [0, 0.05) is 12.6 Å². The van der Waals surface area contributed by atoms with Gasteiger partial charge in [-0.3, -0.25) is 4.79 Å². The zero-order valence-electron chi connectivity index (χ0n) is 9.03. The number of hydrogen-bond acceptors (Lipinski definition) is 3. The van der Waals surface area contributed by atoms with Gasteiger partial charge in [0.05, 0.1) is 16.3 Å². The van der Waals surface area contributed by atoms with Gasteiger partial charge in [-0.2, -0.15) is 0 Å². The number of nitrogens with one attached hydrogen (secondary N) is 1. The molecule has 0 aliphatic rings. The van der Waals surface area contributed by atoms with Crippen molar-refractivity contribution in [1.29, 1.82) is 0 Å². The largest absolute Gasteiger partial charge is 0.397 e. The number of carbonyl (C=O) groups is 1. The molecule has 4 N–H and O–H groups in total. The first-order valence-electron chi connectivity index (χ1n) is 5.02. The summed E-state index contributed by atoms with van der Waals surface area (Å²) in [5.41, 5.74) is 6.33. The van der Waals surface area contributed by atoms with Gasteiger partial charge in [-0.25, -0.2) is 0 Å². The molecule has 0 fully saturated rings. The molecule has 5 heteroatoms. The van der Waals surface area contributed by atoms with Crippen molar-refractivity contribution in [2.75, 3.05) is 12.3 Å². The van der Waals surface area contributed by atoms with Crippen molar-refractivity contribution >= 4 is 23.2 Å².